The SMILES string of the molecule is C=C/C=C(\C=C/C)c1ccc(-c2c(C=C)c(C=C)c(-c3ccc(C4=CC=CCN4)cc3)c3ccccc23)c(C=C)c1C=C. The van der Waals surface area contributed by atoms with Gasteiger partial charge in [0.1, 0.15) is 0 Å². The summed E-state index contributed by atoms with van der Waals surface area (Å²) >= 11 is 0. The highest BCUT2D eigenvalue weighted by atomic mass is 14.9. The number of hydrogen-bond donors (Lipinski definition) is 1. The molecule has 0 fully saturated rings. The first kappa shape index (κ1) is 29.1. The summed E-state index contributed by atoms with van der Waals surface area (Å²) in [5.74, 6) is 0. The van der Waals surface area contributed by atoms with Gasteiger partial charge in [0.15, 0.2) is 0 Å². The lowest BCUT2D eigenvalue weighted by atomic mass is 9.80. The smallest absolute Gasteiger partial charge is 0.0416 e. The predicted octanol–water partition coefficient (Wildman–Crippen LogP) is 11.4. The first-order valence-electron chi connectivity index (χ1n) is 14.5. The minimum absolute atomic E-state index is 0.839. The largest absolute Gasteiger partial charge is 0.381 e. The molecule has 5 rings (SSSR count). The third-order valence-electron chi connectivity index (χ3n) is 7.92. The Labute approximate surface area is 256 Å². The highest BCUT2D eigenvalue weighted by Gasteiger charge is 2.22. The maximum atomic E-state index is 4.29. The monoisotopic (exact) mass is 555 g/mol. The second-order valence-corrected chi connectivity index (χ2v) is 10.3. The van der Waals surface area contributed by atoms with Gasteiger partial charge in [-0.25, -0.2) is 0 Å². The average molecular weight is 556 g/mol. The lowest BCUT2D eigenvalue weighted by molar-refractivity contribution is 0.996. The molecule has 43 heavy (non-hydrogen) atoms. The summed E-state index contributed by atoms with van der Waals surface area (Å²) in [6.07, 6.45) is 22.0. The van der Waals surface area contributed by atoms with Gasteiger partial charge in [-0.3, -0.25) is 0 Å². The molecule has 0 aliphatic carbocycles. The molecule has 0 spiro atoms. The highest BCUT2D eigenvalue weighted by Crippen LogP contribution is 2.45. The lowest BCUT2D eigenvalue weighted by Gasteiger charge is -2.23. The number of fused-ring (bicyclic) bond motifs is 1. The summed E-state index contributed by atoms with van der Waals surface area (Å²) in [7, 11) is 0. The Morgan fingerprint density at radius 3 is 1.91 bits per heavy atom. The van der Waals surface area contributed by atoms with Crippen LogP contribution in [0.4, 0.5) is 0 Å². The van der Waals surface area contributed by atoms with Gasteiger partial charge in [-0.2, -0.15) is 0 Å². The molecule has 0 saturated heterocycles. The van der Waals surface area contributed by atoms with Crippen LogP contribution in [0.1, 0.15) is 40.3 Å². The van der Waals surface area contributed by atoms with Crippen molar-refractivity contribution in [1.82, 2.24) is 5.32 Å². The lowest BCUT2D eigenvalue weighted by Crippen LogP contribution is -2.14. The minimum atomic E-state index is 0.839. The molecule has 0 atom stereocenters. The molecule has 1 aliphatic heterocycles. The summed E-state index contributed by atoms with van der Waals surface area (Å²) in [6, 6.07) is 21.7. The van der Waals surface area contributed by atoms with E-state index in [1.165, 1.54) is 0 Å². The number of rotatable bonds is 10. The molecule has 0 bridgehead atoms. The van der Waals surface area contributed by atoms with E-state index in [4.69, 9.17) is 0 Å². The third kappa shape index (κ3) is 5.34. The number of dihydropyridines is 1. The summed E-state index contributed by atoms with van der Waals surface area (Å²) < 4.78 is 0. The zero-order chi connectivity index (χ0) is 30.3. The van der Waals surface area contributed by atoms with Crippen LogP contribution in [-0.2, 0) is 0 Å². The summed E-state index contributed by atoms with van der Waals surface area (Å²) in [5.41, 5.74) is 13.0. The number of hydrogen-bond acceptors (Lipinski definition) is 1. The Morgan fingerprint density at radius 2 is 1.33 bits per heavy atom. The Kier molecular flexibility index (Phi) is 8.84. The van der Waals surface area contributed by atoms with E-state index >= 15 is 0 Å². The van der Waals surface area contributed by atoms with Crippen LogP contribution in [0.3, 0.4) is 0 Å². The quantitative estimate of drug-likeness (QED) is 0.192. The molecule has 1 heteroatoms. The molecule has 4 aromatic carbocycles. The van der Waals surface area contributed by atoms with Crippen molar-refractivity contribution in [1.29, 1.82) is 0 Å². The molecular formula is C42H37N. The van der Waals surface area contributed by atoms with Gasteiger partial charge in [0, 0.05) is 12.2 Å². The molecule has 1 N–H and O–H groups in total. The number of benzene rings is 4. The van der Waals surface area contributed by atoms with Crippen LogP contribution in [-0.4, -0.2) is 6.54 Å². The second kappa shape index (κ2) is 13.1. The maximum Gasteiger partial charge on any atom is 0.0416 e. The van der Waals surface area contributed by atoms with Gasteiger partial charge < -0.3 is 5.32 Å². The highest BCUT2D eigenvalue weighted by molar-refractivity contribution is 6.13. The fourth-order valence-corrected chi connectivity index (χ4v) is 6.07. The van der Waals surface area contributed by atoms with E-state index in [-0.39, 0.29) is 0 Å². The fraction of sp³-hybridized carbons (Fsp3) is 0.0476. The first-order valence-corrected chi connectivity index (χ1v) is 14.5. The van der Waals surface area contributed by atoms with Crippen LogP contribution in [0.15, 0.2) is 136 Å². The van der Waals surface area contributed by atoms with Crippen molar-refractivity contribution in [3.8, 4) is 22.3 Å². The Balaban J connectivity index is 1.81. The van der Waals surface area contributed by atoms with E-state index in [0.717, 1.165) is 84.2 Å². The maximum absolute atomic E-state index is 4.29. The van der Waals surface area contributed by atoms with Crippen LogP contribution in [0.2, 0.25) is 0 Å². The van der Waals surface area contributed by atoms with Crippen LogP contribution >= 0.6 is 0 Å². The molecule has 210 valence electrons. The van der Waals surface area contributed by atoms with Gasteiger partial charge in [0.25, 0.3) is 0 Å². The molecule has 0 amide bonds. The first-order chi connectivity index (χ1) is 21.1. The molecule has 0 aromatic heterocycles. The third-order valence-corrected chi connectivity index (χ3v) is 7.92. The Hall–Kier alpha value is -5.40. The van der Waals surface area contributed by atoms with E-state index in [2.05, 4.69) is 123 Å². The van der Waals surface area contributed by atoms with Gasteiger partial charge >= 0.3 is 0 Å². The predicted molar refractivity (Wildman–Crippen MR) is 193 cm³/mol. The normalized spacial score (nSPS) is 13.0. The van der Waals surface area contributed by atoms with E-state index < -0.39 is 0 Å². The number of nitrogens with one attached hydrogen (secondary N) is 1. The molecule has 1 aliphatic rings. The van der Waals surface area contributed by atoms with Crippen molar-refractivity contribution in [3.63, 3.8) is 0 Å². The molecular weight excluding hydrogens is 518 g/mol. The molecule has 1 nitrogen and oxygen atoms in total. The van der Waals surface area contributed by atoms with E-state index in [9.17, 15) is 0 Å². The van der Waals surface area contributed by atoms with Crippen molar-refractivity contribution in [3.05, 3.63) is 169 Å². The molecule has 0 radical (unpaired) electrons. The van der Waals surface area contributed by atoms with Gasteiger partial charge in [0.05, 0.1) is 0 Å². The van der Waals surface area contributed by atoms with Gasteiger partial charge in [0.2, 0.25) is 0 Å². The molecule has 0 saturated carbocycles. The Bertz CT molecular complexity index is 1880. The van der Waals surface area contributed by atoms with Crippen molar-refractivity contribution in [2.24, 2.45) is 0 Å². The Morgan fingerprint density at radius 1 is 0.698 bits per heavy atom. The molecule has 0 unspecified atom stereocenters. The van der Waals surface area contributed by atoms with Gasteiger partial charge in [-0.1, -0.05) is 154 Å². The standard InChI is InChI=1S/C42H37N/c1-7-17-29(18-8-2)36-26-27-39(33(10-4)32(36)9-3)42-35(12-6)34(11-5)41(37-19-13-14-20-38(37)42)31-24-22-30(23-25-31)40-21-15-16-28-43-40/h7-27,43H,1,3-6,28H2,2H3/b18-8-,29-17+. The summed E-state index contributed by atoms with van der Waals surface area (Å²) in [4.78, 5) is 0. The number of allylic oxidation sites excluding steroid dienone is 7. The van der Waals surface area contributed by atoms with Crippen LogP contribution < -0.4 is 5.32 Å². The van der Waals surface area contributed by atoms with Gasteiger partial charge in [-0.15, -0.1) is 0 Å². The van der Waals surface area contributed by atoms with Crippen LogP contribution in [0.5, 0.6) is 0 Å². The molecule has 4 aromatic rings. The average Bonchev–Trinajstić information content (AvgIpc) is 3.06. The van der Waals surface area contributed by atoms with Crippen molar-refractivity contribution in [2.45, 2.75) is 6.92 Å². The second-order valence-electron chi connectivity index (χ2n) is 10.3. The zero-order valence-electron chi connectivity index (χ0n) is 24.9. The van der Waals surface area contributed by atoms with E-state index in [1.54, 1.807) is 0 Å². The topological polar surface area (TPSA) is 12.0 Å². The van der Waals surface area contributed by atoms with Crippen molar-refractivity contribution in [2.75, 3.05) is 6.54 Å². The van der Waals surface area contributed by atoms with Crippen molar-refractivity contribution < 1.29 is 0 Å². The van der Waals surface area contributed by atoms with Crippen molar-refractivity contribution >= 4 is 46.3 Å². The molecule has 1 heterocycles. The summed E-state index contributed by atoms with van der Waals surface area (Å²) in [5, 5.41) is 5.75. The van der Waals surface area contributed by atoms with Gasteiger partial charge in [-0.05, 0) is 85.0 Å². The van der Waals surface area contributed by atoms with Crippen LogP contribution in [0, 0.1) is 0 Å². The summed E-state index contributed by atoms with van der Waals surface area (Å²) in [6.45, 7) is 23.8. The zero-order valence-corrected chi connectivity index (χ0v) is 24.9. The van der Waals surface area contributed by atoms with E-state index in [0.29, 0.717) is 0 Å². The van der Waals surface area contributed by atoms with E-state index in [1.807, 2.05) is 49.5 Å². The fourth-order valence-electron chi connectivity index (χ4n) is 6.07. The van der Waals surface area contributed by atoms with Crippen LogP contribution in [0.25, 0.3) is 68.6 Å². The minimum Gasteiger partial charge on any atom is -0.381 e.